The molecule has 0 aliphatic rings. The largest absolute Gasteiger partial charge is 0.340 e. The minimum atomic E-state index is 0.444. The maximum atomic E-state index is 4.43. The highest BCUT2D eigenvalue weighted by Crippen LogP contribution is 2.11. The summed E-state index contributed by atoms with van der Waals surface area (Å²) in [6.07, 6.45) is 5.92. The van der Waals surface area contributed by atoms with Gasteiger partial charge in [-0.05, 0) is 13.2 Å². The molecule has 102 valence electrons. The fraction of sp³-hybridized carbons (Fsp3) is 0.692. The minimum absolute atomic E-state index is 0.444. The number of nitrogens with zero attached hydrogens (tertiary/aromatic N) is 3. The highest BCUT2D eigenvalue weighted by molar-refractivity contribution is 7.98. The Bertz CT molecular complexity index is 339. The van der Waals surface area contributed by atoms with Gasteiger partial charge in [0.1, 0.15) is 0 Å². The normalized spacial score (nSPS) is 12.8. The van der Waals surface area contributed by atoms with Gasteiger partial charge < -0.3 is 10.2 Å². The van der Waals surface area contributed by atoms with Crippen LogP contribution in [0.15, 0.2) is 12.4 Å². The van der Waals surface area contributed by atoms with E-state index in [9.17, 15) is 0 Å². The van der Waals surface area contributed by atoms with E-state index in [0.717, 1.165) is 23.8 Å². The van der Waals surface area contributed by atoms with E-state index in [2.05, 4.69) is 47.2 Å². The molecule has 1 aromatic rings. The van der Waals surface area contributed by atoms with Crippen molar-refractivity contribution in [1.29, 1.82) is 0 Å². The Labute approximate surface area is 115 Å². The zero-order chi connectivity index (χ0) is 13.5. The third-order valence-corrected chi connectivity index (χ3v) is 3.61. The molecule has 1 N–H and O–H groups in total. The quantitative estimate of drug-likeness (QED) is 0.821. The van der Waals surface area contributed by atoms with Gasteiger partial charge in [-0.2, -0.15) is 11.8 Å². The topological polar surface area (TPSA) is 41.1 Å². The number of nitrogens with one attached hydrogen (secondary N) is 1. The third kappa shape index (κ3) is 4.82. The summed E-state index contributed by atoms with van der Waals surface area (Å²) in [7, 11) is 2.04. The number of anilines is 1. The van der Waals surface area contributed by atoms with Crippen LogP contribution in [-0.4, -0.2) is 41.1 Å². The highest BCUT2D eigenvalue weighted by Gasteiger charge is 2.11. The molecule has 1 rings (SSSR count). The second kappa shape index (κ2) is 7.59. The van der Waals surface area contributed by atoms with E-state index >= 15 is 0 Å². The van der Waals surface area contributed by atoms with Gasteiger partial charge in [0, 0.05) is 49.4 Å². The lowest BCUT2D eigenvalue weighted by molar-refractivity contribution is 0.586. The van der Waals surface area contributed by atoms with Gasteiger partial charge in [-0.3, -0.25) is 0 Å². The first-order valence-electron chi connectivity index (χ1n) is 6.30. The molecule has 0 radical (unpaired) electrons. The molecule has 0 saturated heterocycles. The van der Waals surface area contributed by atoms with Crippen molar-refractivity contribution in [3.8, 4) is 0 Å². The lowest BCUT2D eigenvalue weighted by Gasteiger charge is -2.24. The molecule has 1 unspecified atom stereocenters. The van der Waals surface area contributed by atoms with E-state index in [4.69, 9.17) is 0 Å². The molecule has 0 spiro atoms. The molecule has 0 aromatic carbocycles. The molecule has 1 aromatic heterocycles. The van der Waals surface area contributed by atoms with Crippen LogP contribution >= 0.6 is 11.8 Å². The van der Waals surface area contributed by atoms with Crippen molar-refractivity contribution >= 4 is 17.7 Å². The van der Waals surface area contributed by atoms with E-state index in [1.54, 1.807) is 0 Å². The van der Waals surface area contributed by atoms with Gasteiger partial charge in [-0.15, -0.1) is 0 Å². The molecule has 0 aliphatic carbocycles. The summed E-state index contributed by atoms with van der Waals surface area (Å²) in [5, 5.41) is 3.36. The number of aromatic nitrogens is 2. The summed E-state index contributed by atoms with van der Waals surface area (Å²) in [4.78, 5) is 11.0. The van der Waals surface area contributed by atoms with E-state index in [1.807, 2.05) is 31.2 Å². The second-order valence-corrected chi connectivity index (χ2v) is 5.75. The molecule has 0 aliphatic heterocycles. The fourth-order valence-corrected chi connectivity index (χ4v) is 2.20. The summed E-state index contributed by atoms with van der Waals surface area (Å²) in [5.41, 5.74) is 1.12. The molecule has 0 fully saturated rings. The smallest absolute Gasteiger partial charge is 0.225 e. The van der Waals surface area contributed by atoms with E-state index in [1.165, 1.54) is 0 Å². The number of thioether (sulfide) groups is 1. The standard InChI is InChI=1S/C13H24N4S/c1-10(2)14-6-12-7-15-13(16-8-12)17(4)11(3)9-18-5/h7-8,10-11,14H,6,9H2,1-5H3. The monoisotopic (exact) mass is 268 g/mol. The molecule has 4 nitrogen and oxygen atoms in total. The average Bonchev–Trinajstić information content (AvgIpc) is 2.36. The second-order valence-electron chi connectivity index (χ2n) is 4.84. The number of hydrogen-bond acceptors (Lipinski definition) is 5. The molecule has 0 saturated carbocycles. The molecule has 18 heavy (non-hydrogen) atoms. The maximum Gasteiger partial charge on any atom is 0.225 e. The van der Waals surface area contributed by atoms with Gasteiger partial charge in [0.15, 0.2) is 0 Å². The van der Waals surface area contributed by atoms with Crippen LogP contribution in [-0.2, 0) is 6.54 Å². The fourth-order valence-electron chi connectivity index (χ4n) is 1.49. The summed E-state index contributed by atoms with van der Waals surface area (Å²) in [6.45, 7) is 7.27. The molecule has 0 amide bonds. The van der Waals surface area contributed by atoms with E-state index in [-0.39, 0.29) is 0 Å². The third-order valence-electron chi connectivity index (χ3n) is 2.79. The van der Waals surface area contributed by atoms with Crippen LogP contribution in [0.3, 0.4) is 0 Å². The predicted octanol–water partition coefficient (Wildman–Crippen LogP) is 2.16. The number of rotatable bonds is 7. The SMILES string of the molecule is CSCC(C)N(C)c1ncc(CNC(C)C)cn1. The Kier molecular flexibility index (Phi) is 6.43. The molecule has 0 bridgehead atoms. The summed E-state index contributed by atoms with van der Waals surface area (Å²) >= 11 is 1.84. The van der Waals surface area contributed by atoms with Crippen molar-refractivity contribution in [2.75, 3.05) is 24.0 Å². The van der Waals surface area contributed by atoms with Crippen LogP contribution in [0.2, 0.25) is 0 Å². The van der Waals surface area contributed by atoms with Crippen molar-refractivity contribution in [2.24, 2.45) is 0 Å². The lowest BCUT2D eigenvalue weighted by atomic mass is 10.3. The van der Waals surface area contributed by atoms with Gasteiger partial charge in [-0.1, -0.05) is 13.8 Å². The highest BCUT2D eigenvalue weighted by atomic mass is 32.2. The van der Waals surface area contributed by atoms with Gasteiger partial charge in [0.25, 0.3) is 0 Å². The van der Waals surface area contributed by atoms with Crippen LogP contribution in [0.1, 0.15) is 26.3 Å². The summed E-state index contributed by atoms with van der Waals surface area (Å²) in [5.74, 6) is 1.88. The van der Waals surface area contributed by atoms with Gasteiger partial charge >= 0.3 is 0 Å². The molecule has 5 heteroatoms. The first-order chi connectivity index (χ1) is 8.54. The van der Waals surface area contributed by atoms with Crippen LogP contribution in [0, 0.1) is 0 Å². The predicted molar refractivity (Wildman–Crippen MR) is 80.3 cm³/mol. The Morgan fingerprint density at radius 2 is 1.89 bits per heavy atom. The lowest BCUT2D eigenvalue weighted by Crippen LogP contribution is -2.32. The van der Waals surface area contributed by atoms with Gasteiger partial charge in [-0.25, -0.2) is 9.97 Å². The van der Waals surface area contributed by atoms with Crippen molar-refractivity contribution in [3.63, 3.8) is 0 Å². The first kappa shape index (κ1) is 15.2. The van der Waals surface area contributed by atoms with E-state index < -0.39 is 0 Å². The molecular formula is C13H24N4S. The Morgan fingerprint density at radius 3 is 2.39 bits per heavy atom. The molecule has 1 atom stereocenters. The zero-order valence-electron chi connectivity index (χ0n) is 12.0. The van der Waals surface area contributed by atoms with Crippen molar-refractivity contribution < 1.29 is 0 Å². The van der Waals surface area contributed by atoms with Crippen molar-refractivity contribution in [1.82, 2.24) is 15.3 Å². The average molecular weight is 268 g/mol. The zero-order valence-corrected chi connectivity index (χ0v) is 12.8. The Morgan fingerprint density at radius 1 is 1.28 bits per heavy atom. The summed E-state index contributed by atoms with van der Waals surface area (Å²) < 4.78 is 0. The van der Waals surface area contributed by atoms with Crippen molar-refractivity contribution in [2.45, 2.75) is 39.4 Å². The Hall–Kier alpha value is -0.810. The van der Waals surface area contributed by atoms with Crippen LogP contribution < -0.4 is 10.2 Å². The molecule has 1 heterocycles. The van der Waals surface area contributed by atoms with Gasteiger partial charge in [0.2, 0.25) is 5.95 Å². The maximum absolute atomic E-state index is 4.43. The number of hydrogen-bond donors (Lipinski definition) is 1. The van der Waals surface area contributed by atoms with Crippen LogP contribution in [0.4, 0.5) is 5.95 Å². The van der Waals surface area contributed by atoms with E-state index in [0.29, 0.717) is 12.1 Å². The van der Waals surface area contributed by atoms with Crippen LogP contribution in [0.25, 0.3) is 0 Å². The van der Waals surface area contributed by atoms with Crippen molar-refractivity contribution in [3.05, 3.63) is 18.0 Å². The first-order valence-corrected chi connectivity index (χ1v) is 7.70. The minimum Gasteiger partial charge on any atom is -0.340 e. The van der Waals surface area contributed by atoms with Crippen LogP contribution in [0.5, 0.6) is 0 Å². The Balaban J connectivity index is 2.58. The molecular weight excluding hydrogens is 244 g/mol. The summed E-state index contributed by atoms with van der Waals surface area (Å²) in [6, 6.07) is 0.925. The van der Waals surface area contributed by atoms with Gasteiger partial charge in [0.05, 0.1) is 0 Å².